The first-order valence-corrected chi connectivity index (χ1v) is 8.31. The highest BCUT2D eigenvalue weighted by atomic mass is 127. The number of ether oxygens (including phenoxy) is 2. The van der Waals surface area contributed by atoms with E-state index in [4.69, 9.17) is 14.5 Å². The molecule has 3 aliphatic rings. The molecule has 0 amide bonds. The summed E-state index contributed by atoms with van der Waals surface area (Å²) in [6, 6.07) is 0.434. The lowest BCUT2D eigenvalue weighted by atomic mass is 9.96. The summed E-state index contributed by atoms with van der Waals surface area (Å²) in [5.74, 6) is 0.936. The first kappa shape index (κ1) is 18.0. The molecule has 3 heterocycles. The highest BCUT2D eigenvalue weighted by Gasteiger charge is 2.41. The van der Waals surface area contributed by atoms with Gasteiger partial charge in [0.15, 0.2) is 5.96 Å². The number of rotatable bonds is 5. The van der Waals surface area contributed by atoms with Gasteiger partial charge >= 0.3 is 0 Å². The van der Waals surface area contributed by atoms with Gasteiger partial charge in [0.2, 0.25) is 0 Å². The molecule has 3 unspecified atom stereocenters. The molecular formula is C16H28IN3O2. The second-order valence-electron chi connectivity index (χ2n) is 6.06. The normalized spacial score (nSPS) is 30.7. The Morgan fingerprint density at radius 2 is 2.32 bits per heavy atom. The van der Waals surface area contributed by atoms with Gasteiger partial charge in [0.1, 0.15) is 0 Å². The monoisotopic (exact) mass is 421 g/mol. The highest BCUT2D eigenvalue weighted by Crippen LogP contribution is 2.34. The van der Waals surface area contributed by atoms with Crippen LogP contribution < -0.4 is 10.6 Å². The lowest BCUT2D eigenvalue weighted by Crippen LogP contribution is -2.47. The van der Waals surface area contributed by atoms with Crippen LogP contribution in [0.2, 0.25) is 0 Å². The number of aliphatic imine (C=N–C) groups is 1. The van der Waals surface area contributed by atoms with Crippen LogP contribution in [0.5, 0.6) is 0 Å². The molecule has 0 saturated carbocycles. The molecule has 0 aromatic carbocycles. The third-order valence-corrected chi connectivity index (χ3v) is 4.53. The van der Waals surface area contributed by atoms with Crippen LogP contribution in [0.1, 0.15) is 39.0 Å². The largest absolute Gasteiger partial charge is 0.377 e. The van der Waals surface area contributed by atoms with Crippen LogP contribution in [-0.4, -0.2) is 50.5 Å². The molecule has 2 fully saturated rings. The number of hydrogen-bond donors (Lipinski definition) is 2. The van der Waals surface area contributed by atoms with Gasteiger partial charge < -0.3 is 20.1 Å². The molecule has 0 spiro atoms. The quantitative estimate of drug-likeness (QED) is 0.310. The van der Waals surface area contributed by atoms with Gasteiger partial charge in [-0.2, -0.15) is 0 Å². The van der Waals surface area contributed by atoms with E-state index >= 15 is 0 Å². The molecule has 6 heteroatoms. The lowest BCUT2D eigenvalue weighted by molar-refractivity contribution is 0.0992. The zero-order chi connectivity index (χ0) is 14.5. The van der Waals surface area contributed by atoms with E-state index in [0.29, 0.717) is 18.2 Å². The number of halogens is 1. The van der Waals surface area contributed by atoms with E-state index in [1.165, 1.54) is 18.4 Å². The molecule has 2 bridgehead atoms. The van der Waals surface area contributed by atoms with Crippen LogP contribution in [0.15, 0.2) is 16.6 Å². The Morgan fingerprint density at radius 3 is 2.95 bits per heavy atom. The van der Waals surface area contributed by atoms with Crippen molar-refractivity contribution in [1.82, 2.24) is 10.6 Å². The van der Waals surface area contributed by atoms with Gasteiger partial charge in [0, 0.05) is 13.1 Å². The lowest BCUT2D eigenvalue weighted by Gasteiger charge is -2.22. The summed E-state index contributed by atoms with van der Waals surface area (Å²) in [6.07, 6.45) is 8.69. The van der Waals surface area contributed by atoms with Crippen molar-refractivity contribution in [2.24, 2.45) is 4.99 Å². The van der Waals surface area contributed by atoms with E-state index in [0.717, 1.165) is 51.5 Å². The van der Waals surface area contributed by atoms with Crippen LogP contribution in [0, 0.1) is 0 Å². The SMILES string of the molecule is CCNC(=NCCC1=CCOCC1)NC1CC2CCC1O2.I. The summed E-state index contributed by atoms with van der Waals surface area (Å²) in [5, 5.41) is 6.90. The second kappa shape index (κ2) is 9.08. The Labute approximate surface area is 150 Å². The van der Waals surface area contributed by atoms with Crippen molar-refractivity contribution in [2.75, 3.05) is 26.3 Å². The fourth-order valence-electron chi connectivity index (χ4n) is 3.39. The van der Waals surface area contributed by atoms with Crippen LogP contribution in [0.25, 0.3) is 0 Å². The van der Waals surface area contributed by atoms with Gasteiger partial charge in [0.25, 0.3) is 0 Å². The van der Waals surface area contributed by atoms with Gasteiger partial charge in [-0.25, -0.2) is 0 Å². The van der Waals surface area contributed by atoms with Gasteiger partial charge in [0.05, 0.1) is 31.5 Å². The number of guanidine groups is 1. The van der Waals surface area contributed by atoms with Crippen LogP contribution in [0.3, 0.4) is 0 Å². The summed E-state index contributed by atoms with van der Waals surface area (Å²) in [7, 11) is 0. The molecule has 126 valence electrons. The Balaban J connectivity index is 0.00000176. The van der Waals surface area contributed by atoms with Crippen molar-refractivity contribution in [3.8, 4) is 0 Å². The Hall–Kier alpha value is -0.340. The minimum absolute atomic E-state index is 0. The topological polar surface area (TPSA) is 54.9 Å². The number of nitrogens with zero attached hydrogens (tertiary/aromatic N) is 1. The molecule has 0 radical (unpaired) electrons. The summed E-state index contributed by atoms with van der Waals surface area (Å²) in [4.78, 5) is 4.71. The number of nitrogens with one attached hydrogen (secondary N) is 2. The van der Waals surface area contributed by atoms with E-state index in [1.807, 2.05) is 0 Å². The summed E-state index contributed by atoms with van der Waals surface area (Å²) in [6.45, 7) is 5.46. The zero-order valence-electron chi connectivity index (χ0n) is 13.3. The second-order valence-corrected chi connectivity index (χ2v) is 6.06. The standard InChI is InChI=1S/C16H27N3O2.HI/c1-2-17-16(18-8-5-12-6-9-20-10-7-12)19-14-11-13-3-4-15(14)21-13;/h6,13-15H,2-5,7-11H2,1H3,(H2,17,18,19);1H. The minimum atomic E-state index is 0. The van der Waals surface area contributed by atoms with E-state index < -0.39 is 0 Å². The molecule has 3 rings (SSSR count). The molecule has 5 nitrogen and oxygen atoms in total. The predicted molar refractivity (Wildman–Crippen MR) is 99.0 cm³/mol. The van der Waals surface area contributed by atoms with Crippen LogP contribution in [0.4, 0.5) is 0 Å². The van der Waals surface area contributed by atoms with E-state index in [1.54, 1.807) is 0 Å². The third kappa shape index (κ3) is 4.83. The smallest absolute Gasteiger partial charge is 0.191 e. The number of fused-ring (bicyclic) bond motifs is 2. The summed E-state index contributed by atoms with van der Waals surface area (Å²) in [5.41, 5.74) is 1.48. The average molecular weight is 421 g/mol. The Bertz CT molecular complexity index is 414. The molecule has 3 aliphatic heterocycles. The average Bonchev–Trinajstić information content (AvgIpc) is 3.11. The van der Waals surface area contributed by atoms with Crippen molar-refractivity contribution in [2.45, 2.75) is 57.3 Å². The third-order valence-electron chi connectivity index (χ3n) is 4.53. The Kier molecular flexibility index (Phi) is 7.43. The van der Waals surface area contributed by atoms with Crippen molar-refractivity contribution < 1.29 is 9.47 Å². The summed E-state index contributed by atoms with van der Waals surface area (Å²) >= 11 is 0. The number of hydrogen-bond acceptors (Lipinski definition) is 3. The fourth-order valence-corrected chi connectivity index (χ4v) is 3.39. The van der Waals surface area contributed by atoms with Gasteiger partial charge in [-0.3, -0.25) is 4.99 Å². The van der Waals surface area contributed by atoms with Gasteiger partial charge in [-0.05, 0) is 39.0 Å². The molecule has 0 aromatic heterocycles. The molecule has 0 aromatic rings. The summed E-state index contributed by atoms with van der Waals surface area (Å²) < 4.78 is 11.2. The molecule has 2 saturated heterocycles. The van der Waals surface area contributed by atoms with E-state index in [9.17, 15) is 0 Å². The maximum absolute atomic E-state index is 5.90. The van der Waals surface area contributed by atoms with Gasteiger partial charge in [-0.1, -0.05) is 11.6 Å². The highest BCUT2D eigenvalue weighted by molar-refractivity contribution is 14.0. The molecule has 2 N–H and O–H groups in total. The molecule has 3 atom stereocenters. The van der Waals surface area contributed by atoms with E-state index in [2.05, 4.69) is 23.6 Å². The first-order valence-electron chi connectivity index (χ1n) is 8.31. The minimum Gasteiger partial charge on any atom is -0.377 e. The maximum atomic E-state index is 5.90. The van der Waals surface area contributed by atoms with Crippen LogP contribution >= 0.6 is 24.0 Å². The predicted octanol–water partition coefficient (Wildman–Crippen LogP) is 2.22. The van der Waals surface area contributed by atoms with Crippen molar-refractivity contribution in [3.63, 3.8) is 0 Å². The van der Waals surface area contributed by atoms with Gasteiger partial charge in [-0.15, -0.1) is 24.0 Å². The van der Waals surface area contributed by atoms with Crippen molar-refractivity contribution in [3.05, 3.63) is 11.6 Å². The van der Waals surface area contributed by atoms with Crippen molar-refractivity contribution in [1.29, 1.82) is 0 Å². The van der Waals surface area contributed by atoms with Crippen LogP contribution in [-0.2, 0) is 9.47 Å². The maximum Gasteiger partial charge on any atom is 0.191 e. The van der Waals surface area contributed by atoms with E-state index in [-0.39, 0.29) is 24.0 Å². The first-order chi connectivity index (χ1) is 10.3. The molecular weight excluding hydrogens is 393 g/mol. The zero-order valence-corrected chi connectivity index (χ0v) is 15.7. The molecule has 22 heavy (non-hydrogen) atoms. The fraction of sp³-hybridized carbons (Fsp3) is 0.812. The Morgan fingerprint density at radius 1 is 1.41 bits per heavy atom. The van der Waals surface area contributed by atoms with Crippen molar-refractivity contribution >= 4 is 29.9 Å². The molecule has 0 aliphatic carbocycles.